The monoisotopic (exact) mass is 190 g/mol. The fourth-order valence-electron chi connectivity index (χ4n) is 1.36. The van der Waals surface area contributed by atoms with Gasteiger partial charge >= 0.3 is 0 Å². The van der Waals surface area contributed by atoms with Gasteiger partial charge in [-0.3, -0.25) is 4.79 Å². The van der Waals surface area contributed by atoms with Crippen molar-refractivity contribution in [1.82, 2.24) is 5.32 Å². The number of carbonyl (C=O) groups is 1. The van der Waals surface area contributed by atoms with Gasteiger partial charge in [0.05, 0.1) is 0 Å². The molecule has 0 radical (unpaired) electrons. The molecule has 1 amide bonds. The number of carbonyl (C=O) groups excluding carboxylic acids is 1. The van der Waals surface area contributed by atoms with Gasteiger partial charge in [0, 0.05) is 24.3 Å². The van der Waals surface area contributed by atoms with Crippen molar-refractivity contribution in [3.05, 3.63) is 29.8 Å². The molecule has 1 aromatic rings. The highest BCUT2D eigenvalue weighted by atomic mass is 16.1. The summed E-state index contributed by atoms with van der Waals surface area (Å²) in [6.45, 7) is 0. The van der Waals surface area contributed by atoms with E-state index < -0.39 is 0 Å². The third-order valence-electron chi connectivity index (χ3n) is 2.30. The Balaban J connectivity index is 2.12. The summed E-state index contributed by atoms with van der Waals surface area (Å²) >= 11 is 0. The molecule has 2 rings (SSSR count). The van der Waals surface area contributed by atoms with Crippen molar-refractivity contribution in [2.45, 2.75) is 18.9 Å². The van der Waals surface area contributed by atoms with Crippen LogP contribution in [0.1, 0.15) is 23.2 Å². The third-order valence-corrected chi connectivity index (χ3v) is 2.30. The fraction of sp³-hybridized carbons (Fsp3) is 0.364. The van der Waals surface area contributed by atoms with Gasteiger partial charge in [-0.05, 0) is 31.0 Å². The first kappa shape index (κ1) is 9.06. The molecule has 0 spiro atoms. The van der Waals surface area contributed by atoms with Gasteiger partial charge in [0.2, 0.25) is 0 Å². The lowest BCUT2D eigenvalue weighted by Gasteiger charge is -2.06. The highest BCUT2D eigenvalue weighted by Gasteiger charge is 2.20. The largest absolute Gasteiger partial charge is 0.382 e. The maximum atomic E-state index is 11.3. The molecule has 0 bridgehead atoms. The highest BCUT2D eigenvalue weighted by Crippen LogP contribution is 2.24. The number of anilines is 1. The molecular weight excluding hydrogens is 176 g/mol. The number of hydrogen-bond acceptors (Lipinski definition) is 2. The summed E-state index contributed by atoms with van der Waals surface area (Å²) in [5.41, 5.74) is 1.74. The van der Waals surface area contributed by atoms with Crippen molar-refractivity contribution in [1.29, 1.82) is 0 Å². The zero-order chi connectivity index (χ0) is 9.97. The summed E-state index contributed by atoms with van der Waals surface area (Å²) in [7, 11) is 1.64. The first-order chi connectivity index (χ1) is 6.79. The standard InChI is InChI=1S/C11H14N2O/c1-12-11(14)8-3-2-4-10(7-8)13-9-5-6-9/h2-4,7,9,13H,5-6H2,1H3,(H,12,14). The number of hydrogen-bond donors (Lipinski definition) is 2. The van der Waals surface area contributed by atoms with Gasteiger partial charge in [-0.1, -0.05) is 6.07 Å². The quantitative estimate of drug-likeness (QED) is 0.760. The highest BCUT2D eigenvalue weighted by molar-refractivity contribution is 5.94. The molecule has 1 aromatic carbocycles. The fourth-order valence-corrected chi connectivity index (χ4v) is 1.36. The Morgan fingerprint density at radius 3 is 2.86 bits per heavy atom. The first-order valence-electron chi connectivity index (χ1n) is 4.88. The molecule has 0 heterocycles. The van der Waals surface area contributed by atoms with Crippen molar-refractivity contribution in [2.24, 2.45) is 0 Å². The summed E-state index contributed by atoms with van der Waals surface area (Å²) in [6, 6.07) is 8.21. The number of rotatable bonds is 3. The molecule has 3 nitrogen and oxygen atoms in total. The third kappa shape index (κ3) is 2.05. The van der Waals surface area contributed by atoms with E-state index in [1.54, 1.807) is 7.05 Å². The average Bonchev–Trinajstić information content (AvgIpc) is 3.01. The van der Waals surface area contributed by atoms with Crippen LogP contribution in [0.2, 0.25) is 0 Å². The van der Waals surface area contributed by atoms with Gasteiger partial charge in [0.15, 0.2) is 0 Å². The lowest BCUT2D eigenvalue weighted by atomic mass is 10.2. The molecule has 1 aliphatic rings. The molecule has 14 heavy (non-hydrogen) atoms. The Morgan fingerprint density at radius 2 is 2.21 bits per heavy atom. The molecule has 1 saturated carbocycles. The van der Waals surface area contributed by atoms with Crippen LogP contribution in [0.3, 0.4) is 0 Å². The van der Waals surface area contributed by atoms with E-state index in [1.165, 1.54) is 12.8 Å². The van der Waals surface area contributed by atoms with Crippen LogP contribution in [-0.2, 0) is 0 Å². The van der Waals surface area contributed by atoms with Crippen molar-refractivity contribution in [3.63, 3.8) is 0 Å². The predicted octanol–water partition coefficient (Wildman–Crippen LogP) is 1.62. The van der Waals surface area contributed by atoms with Crippen molar-refractivity contribution < 1.29 is 4.79 Å². The van der Waals surface area contributed by atoms with Crippen molar-refractivity contribution in [3.8, 4) is 0 Å². The average molecular weight is 190 g/mol. The lowest BCUT2D eigenvalue weighted by molar-refractivity contribution is 0.0963. The zero-order valence-electron chi connectivity index (χ0n) is 8.21. The Kier molecular flexibility index (Phi) is 2.39. The van der Waals surface area contributed by atoms with Gasteiger partial charge in [-0.25, -0.2) is 0 Å². The number of benzene rings is 1. The molecule has 3 heteroatoms. The Hall–Kier alpha value is -1.51. The van der Waals surface area contributed by atoms with Crippen molar-refractivity contribution in [2.75, 3.05) is 12.4 Å². The molecule has 0 atom stereocenters. The molecule has 0 unspecified atom stereocenters. The summed E-state index contributed by atoms with van der Waals surface area (Å²) in [6.07, 6.45) is 2.48. The smallest absolute Gasteiger partial charge is 0.251 e. The van der Waals surface area contributed by atoms with E-state index in [0.29, 0.717) is 11.6 Å². The maximum absolute atomic E-state index is 11.3. The minimum atomic E-state index is -0.0375. The lowest BCUT2D eigenvalue weighted by Crippen LogP contribution is -2.17. The first-order valence-corrected chi connectivity index (χ1v) is 4.88. The summed E-state index contributed by atoms with van der Waals surface area (Å²) in [4.78, 5) is 11.3. The Bertz CT molecular complexity index is 345. The van der Waals surface area contributed by atoms with Gasteiger partial charge in [-0.2, -0.15) is 0 Å². The van der Waals surface area contributed by atoms with Gasteiger partial charge in [0.25, 0.3) is 5.91 Å². The molecule has 1 fully saturated rings. The molecule has 0 saturated heterocycles. The summed E-state index contributed by atoms with van der Waals surface area (Å²) < 4.78 is 0. The Morgan fingerprint density at radius 1 is 1.43 bits per heavy atom. The van der Waals surface area contributed by atoms with E-state index in [4.69, 9.17) is 0 Å². The normalized spacial score (nSPS) is 14.9. The number of nitrogens with one attached hydrogen (secondary N) is 2. The predicted molar refractivity (Wildman–Crippen MR) is 56.5 cm³/mol. The van der Waals surface area contributed by atoms with E-state index >= 15 is 0 Å². The molecule has 0 aromatic heterocycles. The van der Waals surface area contributed by atoms with Crippen LogP contribution in [0.15, 0.2) is 24.3 Å². The molecular formula is C11H14N2O. The van der Waals surface area contributed by atoms with E-state index in [0.717, 1.165) is 5.69 Å². The van der Waals surface area contributed by atoms with Crippen LogP contribution in [0, 0.1) is 0 Å². The van der Waals surface area contributed by atoms with E-state index in [1.807, 2.05) is 24.3 Å². The maximum Gasteiger partial charge on any atom is 0.251 e. The molecule has 0 aliphatic heterocycles. The summed E-state index contributed by atoms with van der Waals surface area (Å²) in [5.74, 6) is -0.0375. The minimum Gasteiger partial charge on any atom is -0.382 e. The molecule has 74 valence electrons. The minimum absolute atomic E-state index is 0.0375. The van der Waals surface area contributed by atoms with E-state index in [-0.39, 0.29) is 5.91 Å². The number of amides is 1. The molecule has 2 N–H and O–H groups in total. The van der Waals surface area contributed by atoms with Crippen LogP contribution in [0.5, 0.6) is 0 Å². The summed E-state index contributed by atoms with van der Waals surface area (Å²) in [5, 5.41) is 5.97. The molecule has 1 aliphatic carbocycles. The van der Waals surface area contributed by atoms with Crippen LogP contribution < -0.4 is 10.6 Å². The topological polar surface area (TPSA) is 41.1 Å². The van der Waals surface area contributed by atoms with Crippen molar-refractivity contribution >= 4 is 11.6 Å². The van der Waals surface area contributed by atoms with E-state index in [2.05, 4.69) is 10.6 Å². The second-order valence-electron chi connectivity index (χ2n) is 3.58. The van der Waals surface area contributed by atoms with Crippen LogP contribution in [0.4, 0.5) is 5.69 Å². The van der Waals surface area contributed by atoms with Crippen LogP contribution >= 0.6 is 0 Å². The zero-order valence-corrected chi connectivity index (χ0v) is 8.21. The van der Waals surface area contributed by atoms with Gasteiger partial charge in [-0.15, -0.1) is 0 Å². The van der Waals surface area contributed by atoms with Crippen LogP contribution in [0.25, 0.3) is 0 Å². The van der Waals surface area contributed by atoms with Gasteiger partial charge in [0.1, 0.15) is 0 Å². The Labute approximate surface area is 83.5 Å². The SMILES string of the molecule is CNC(=O)c1cccc(NC2CC2)c1. The van der Waals surface area contributed by atoms with Gasteiger partial charge < -0.3 is 10.6 Å². The second kappa shape index (κ2) is 3.70. The second-order valence-corrected chi connectivity index (χ2v) is 3.58. The van der Waals surface area contributed by atoms with E-state index in [9.17, 15) is 4.79 Å². The van der Waals surface area contributed by atoms with Crippen LogP contribution in [-0.4, -0.2) is 19.0 Å².